The molecule has 2 aromatic rings. The van der Waals surface area contributed by atoms with Gasteiger partial charge in [0.15, 0.2) is 0 Å². The molecule has 0 aliphatic carbocycles. The van der Waals surface area contributed by atoms with E-state index in [1.165, 1.54) is 17.7 Å². The Hall–Kier alpha value is -2.27. The Kier molecular flexibility index (Phi) is 4.33. The first kappa shape index (κ1) is 15.1. The van der Waals surface area contributed by atoms with Gasteiger partial charge < -0.3 is 14.4 Å². The average Bonchev–Trinajstić information content (AvgIpc) is 2.44. The lowest BCUT2D eigenvalue weighted by Crippen LogP contribution is -2.24. The number of carboxylic acid groups (broad SMARTS) is 1. The molecule has 1 aromatic heterocycles. The van der Waals surface area contributed by atoms with Crippen molar-refractivity contribution in [3.05, 3.63) is 51.3 Å². The summed E-state index contributed by atoms with van der Waals surface area (Å²) in [5, 5.41) is 9.32. The van der Waals surface area contributed by atoms with Crippen molar-refractivity contribution in [2.24, 2.45) is 7.05 Å². The third-order valence-electron chi connectivity index (χ3n) is 3.16. The molecule has 1 aromatic carbocycles. The number of rotatable bonds is 4. The third kappa shape index (κ3) is 3.08. The molecular formula is C15H14ClNO4. The molecule has 0 amide bonds. The van der Waals surface area contributed by atoms with Crippen molar-refractivity contribution < 1.29 is 14.6 Å². The van der Waals surface area contributed by atoms with Crippen LogP contribution in [0.1, 0.15) is 5.56 Å². The summed E-state index contributed by atoms with van der Waals surface area (Å²) in [7, 11) is 3.12. The monoisotopic (exact) mass is 307 g/mol. The fourth-order valence-electron chi connectivity index (χ4n) is 2.14. The van der Waals surface area contributed by atoms with Gasteiger partial charge in [0.25, 0.3) is 5.56 Å². The topological polar surface area (TPSA) is 68.5 Å². The average molecular weight is 308 g/mol. The van der Waals surface area contributed by atoms with Crippen molar-refractivity contribution in [2.75, 3.05) is 7.11 Å². The minimum Gasteiger partial charge on any atom is -0.496 e. The van der Waals surface area contributed by atoms with E-state index in [1.807, 2.05) is 0 Å². The Morgan fingerprint density at radius 2 is 2.05 bits per heavy atom. The van der Waals surface area contributed by atoms with Crippen molar-refractivity contribution in [2.45, 2.75) is 6.42 Å². The van der Waals surface area contributed by atoms with Crippen molar-refractivity contribution >= 4 is 17.6 Å². The molecule has 110 valence electrons. The highest BCUT2D eigenvalue weighted by Crippen LogP contribution is 2.31. The Morgan fingerprint density at radius 1 is 1.33 bits per heavy atom. The second-order valence-electron chi connectivity index (χ2n) is 4.52. The maximum Gasteiger partial charge on any atom is 0.308 e. The van der Waals surface area contributed by atoms with Gasteiger partial charge in [0, 0.05) is 23.2 Å². The lowest BCUT2D eigenvalue weighted by atomic mass is 10.1. The summed E-state index contributed by atoms with van der Waals surface area (Å²) in [5.74, 6) is -0.458. The molecule has 0 saturated carbocycles. The van der Waals surface area contributed by atoms with Crippen LogP contribution in [0, 0.1) is 0 Å². The summed E-state index contributed by atoms with van der Waals surface area (Å²) in [5.41, 5.74) is 1.16. The molecule has 0 radical (unpaired) electrons. The lowest BCUT2D eigenvalue weighted by molar-refractivity contribution is -0.136. The fraction of sp³-hybridized carbons (Fsp3) is 0.200. The molecular weight excluding hydrogens is 294 g/mol. The number of pyridine rings is 1. The minimum absolute atomic E-state index is 0.231. The van der Waals surface area contributed by atoms with Gasteiger partial charge in [-0.25, -0.2) is 0 Å². The number of aromatic nitrogens is 1. The summed E-state index contributed by atoms with van der Waals surface area (Å²) in [6.45, 7) is 0. The molecule has 0 saturated heterocycles. The van der Waals surface area contributed by atoms with Gasteiger partial charge in [0.05, 0.1) is 19.2 Å². The zero-order valence-electron chi connectivity index (χ0n) is 11.6. The van der Waals surface area contributed by atoms with Gasteiger partial charge in [-0.1, -0.05) is 17.7 Å². The molecule has 0 atom stereocenters. The van der Waals surface area contributed by atoms with Gasteiger partial charge in [0.1, 0.15) is 5.75 Å². The number of ether oxygens (including phenoxy) is 1. The van der Waals surface area contributed by atoms with E-state index in [2.05, 4.69) is 0 Å². The van der Waals surface area contributed by atoms with E-state index in [-0.39, 0.29) is 17.5 Å². The molecule has 0 spiro atoms. The van der Waals surface area contributed by atoms with Gasteiger partial charge in [-0.2, -0.15) is 0 Å². The number of aliphatic carboxylic acids is 1. The van der Waals surface area contributed by atoms with Gasteiger partial charge in [-0.15, -0.1) is 0 Å². The lowest BCUT2D eigenvalue weighted by Gasteiger charge is -2.13. The molecule has 2 rings (SSSR count). The van der Waals surface area contributed by atoms with Crippen LogP contribution in [0.25, 0.3) is 11.3 Å². The number of benzene rings is 1. The van der Waals surface area contributed by atoms with Crippen molar-refractivity contribution in [1.82, 2.24) is 4.57 Å². The summed E-state index contributed by atoms with van der Waals surface area (Å²) >= 11 is 6.00. The van der Waals surface area contributed by atoms with Crippen LogP contribution in [0.4, 0.5) is 0 Å². The maximum absolute atomic E-state index is 12.2. The molecule has 1 N–H and O–H groups in total. The van der Waals surface area contributed by atoms with E-state index in [1.54, 1.807) is 31.3 Å². The maximum atomic E-state index is 12.2. The SMILES string of the molecule is COc1ccc(Cl)cc1-c1ccc(CC(=O)O)c(=O)n1C. The minimum atomic E-state index is -1.04. The Labute approximate surface area is 126 Å². The van der Waals surface area contributed by atoms with Gasteiger partial charge >= 0.3 is 5.97 Å². The van der Waals surface area contributed by atoms with E-state index >= 15 is 0 Å². The number of hydrogen-bond donors (Lipinski definition) is 1. The third-order valence-corrected chi connectivity index (χ3v) is 3.40. The van der Waals surface area contributed by atoms with E-state index in [0.717, 1.165) is 0 Å². The summed E-state index contributed by atoms with van der Waals surface area (Å²) in [4.78, 5) is 23.0. The normalized spacial score (nSPS) is 10.4. The molecule has 0 aliphatic heterocycles. The number of hydrogen-bond acceptors (Lipinski definition) is 3. The van der Waals surface area contributed by atoms with Crippen LogP contribution < -0.4 is 10.3 Å². The molecule has 0 aliphatic rings. The molecule has 0 unspecified atom stereocenters. The van der Waals surface area contributed by atoms with E-state index in [4.69, 9.17) is 21.4 Å². The molecule has 0 fully saturated rings. The molecule has 0 bridgehead atoms. The van der Waals surface area contributed by atoms with E-state index in [9.17, 15) is 9.59 Å². The van der Waals surface area contributed by atoms with Gasteiger partial charge in [-0.05, 0) is 24.3 Å². The van der Waals surface area contributed by atoms with Crippen LogP contribution in [0.5, 0.6) is 5.75 Å². The van der Waals surface area contributed by atoms with Crippen LogP contribution in [-0.2, 0) is 18.3 Å². The number of nitrogens with zero attached hydrogens (tertiary/aromatic N) is 1. The molecule has 1 heterocycles. The van der Waals surface area contributed by atoms with Crippen molar-refractivity contribution in [1.29, 1.82) is 0 Å². The molecule has 5 nitrogen and oxygen atoms in total. The van der Waals surface area contributed by atoms with Gasteiger partial charge in [-0.3, -0.25) is 9.59 Å². The zero-order chi connectivity index (χ0) is 15.6. The highest BCUT2D eigenvalue weighted by Gasteiger charge is 2.13. The second kappa shape index (κ2) is 6.01. The van der Waals surface area contributed by atoms with Crippen LogP contribution >= 0.6 is 11.6 Å². The van der Waals surface area contributed by atoms with E-state index < -0.39 is 5.97 Å². The first-order valence-corrected chi connectivity index (χ1v) is 6.56. The summed E-state index contributed by atoms with van der Waals surface area (Å²) in [6, 6.07) is 8.32. The predicted molar refractivity (Wildman–Crippen MR) is 80.0 cm³/mol. The summed E-state index contributed by atoms with van der Waals surface area (Å²) in [6.07, 6.45) is -0.306. The van der Waals surface area contributed by atoms with Crippen LogP contribution in [0.2, 0.25) is 5.02 Å². The Morgan fingerprint density at radius 3 is 2.67 bits per heavy atom. The van der Waals surface area contributed by atoms with Crippen LogP contribution in [-0.4, -0.2) is 22.8 Å². The fourth-order valence-corrected chi connectivity index (χ4v) is 2.31. The van der Waals surface area contributed by atoms with Crippen molar-refractivity contribution in [3.63, 3.8) is 0 Å². The number of carboxylic acids is 1. The quantitative estimate of drug-likeness (QED) is 0.941. The molecule has 6 heteroatoms. The standard InChI is InChI=1S/C15H14ClNO4/c1-17-12(5-3-9(15(17)20)7-14(18)19)11-8-10(16)4-6-13(11)21-2/h3-6,8H,7H2,1-2H3,(H,18,19). The van der Waals surface area contributed by atoms with Crippen molar-refractivity contribution in [3.8, 4) is 17.0 Å². The largest absolute Gasteiger partial charge is 0.496 e. The first-order chi connectivity index (χ1) is 9.93. The first-order valence-electron chi connectivity index (χ1n) is 6.18. The number of methoxy groups -OCH3 is 1. The molecule has 21 heavy (non-hydrogen) atoms. The van der Waals surface area contributed by atoms with Crippen LogP contribution in [0.15, 0.2) is 35.1 Å². The van der Waals surface area contributed by atoms with Crippen LogP contribution in [0.3, 0.4) is 0 Å². The smallest absolute Gasteiger partial charge is 0.308 e. The number of halogens is 1. The zero-order valence-corrected chi connectivity index (χ0v) is 12.3. The van der Waals surface area contributed by atoms with Gasteiger partial charge in [0.2, 0.25) is 0 Å². The summed E-state index contributed by atoms with van der Waals surface area (Å²) < 4.78 is 6.67. The Bertz CT molecular complexity index is 752. The highest BCUT2D eigenvalue weighted by molar-refractivity contribution is 6.30. The number of carbonyl (C=O) groups is 1. The highest BCUT2D eigenvalue weighted by atomic mass is 35.5. The second-order valence-corrected chi connectivity index (χ2v) is 4.96. The Balaban J connectivity index is 2.61. The predicted octanol–water partition coefficient (Wildman–Crippen LogP) is 2.34. The van der Waals surface area contributed by atoms with E-state index in [0.29, 0.717) is 22.0 Å².